The fourth-order valence-electron chi connectivity index (χ4n) is 2.14. The number of carbonyl (C=O) groups excluding carboxylic acids is 1. The van der Waals surface area contributed by atoms with Crippen LogP contribution in [0, 0.1) is 0 Å². The summed E-state index contributed by atoms with van der Waals surface area (Å²) >= 11 is 3.41. The number of furan rings is 1. The average molecular weight is 351 g/mol. The molecule has 0 spiro atoms. The van der Waals surface area contributed by atoms with Crippen LogP contribution >= 0.6 is 15.9 Å². The minimum absolute atomic E-state index is 0.152. The van der Waals surface area contributed by atoms with Crippen molar-refractivity contribution in [3.63, 3.8) is 0 Å². The molecule has 1 heterocycles. The summed E-state index contributed by atoms with van der Waals surface area (Å²) in [6.07, 6.45) is 2.18. The fraction of sp³-hybridized carbons (Fsp3) is 0.312. The Morgan fingerprint density at radius 1 is 1.33 bits per heavy atom. The van der Waals surface area contributed by atoms with Gasteiger partial charge in [-0.05, 0) is 44.0 Å². The van der Waals surface area contributed by atoms with E-state index in [1.54, 1.807) is 6.07 Å². The Hall–Kier alpha value is -1.59. The van der Waals surface area contributed by atoms with E-state index in [0.717, 1.165) is 10.9 Å². The molecule has 2 rings (SSSR count). The third kappa shape index (κ3) is 4.44. The molecule has 21 heavy (non-hydrogen) atoms. The minimum atomic E-state index is -0.356. The van der Waals surface area contributed by atoms with Crippen LogP contribution in [0.4, 0.5) is 0 Å². The maximum Gasteiger partial charge on any atom is 0.254 e. The van der Waals surface area contributed by atoms with E-state index in [1.165, 1.54) is 11.8 Å². The molecule has 0 atom stereocenters. The highest BCUT2D eigenvalue weighted by Crippen LogP contribution is 2.17. The zero-order chi connectivity index (χ0) is 15.5. The van der Waals surface area contributed by atoms with Crippen molar-refractivity contribution in [2.24, 2.45) is 5.73 Å². The van der Waals surface area contributed by atoms with Gasteiger partial charge in [0, 0.05) is 10.0 Å². The molecule has 4 nitrogen and oxygen atoms in total. The number of hydrogen-bond donors (Lipinski definition) is 2. The standard InChI is InChI=1S/C16H19BrN2O2/c1-16(2,8-11-3-5-13(17)6-4-11)19-15(20)12-7-14(9-18)21-10-12/h3-7,10H,8-9,18H2,1-2H3,(H,19,20). The number of carbonyl (C=O) groups is 1. The number of nitrogens with two attached hydrogens (primary N) is 1. The minimum Gasteiger partial charge on any atom is -0.467 e. The van der Waals surface area contributed by atoms with E-state index < -0.39 is 0 Å². The smallest absolute Gasteiger partial charge is 0.254 e. The molecule has 1 aromatic heterocycles. The lowest BCUT2D eigenvalue weighted by Gasteiger charge is -2.26. The molecule has 0 aliphatic rings. The SMILES string of the molecule is CC(C)(Cc1ccc(Br)cc1)NC(=O)c1coc(CN)c1. The van der Waals surface area contributed by atoms with Gasteiger partial charge >= 0.3 is 0 Å². The summed E-state index contributed by atoms with van der Waals surface area (Å²) in [5.74, 6) is 0.450. The molecule has 0 fully saturated rings. The Kier molecular flexibility index (Phi) is 4.85. The molecular weight excluding hydrogens is 332 g/mol. The predicted molar refractivity (Wildman–Crippen MR) is 86.0 cm³/mol. The second-order valence-electron chi connectivity index (χ2n) is 5.65. The number of nitrogens with one attached hydrogen (secondary N) is 1. The number of halogens is 1. The molecule has 0 bridgehead atoms. The summed E-state index contributed by atoms with van der Waals surface area (Å²) in [4.78, 5) is 12.2. The van der Waals surface area contributed by atoms with E-state index in [4.69, 9.17) is 10.2 Å². The summed E-state index contributed by atoms with van der Waals surface area (Å²) in [6, 6.07) is 9.75. The largest absolute Gasteiger partial charge is 0.467 e. The molecule has 0 aliphatic carbocycles. The first-order valence-corrected chi connectivity index (χ1v) is 7.53. The number of amides is 1. The summed E-state index contributed by atoms with van der Waals surface area (Å²) in [5.41, 5.74) is 6.78. The summed E-state index contributed by atoms with van der Waals surface area (Å²) in [7, 11) is 0. The molecular formula is C16H19BrN2O2. The van der Waals surface area contributed by atoms with Crippen LogP contribution < -0.4 is 11.1 Å². The molecule has 2 aromatic rings. The zero-order valence-corrected chi connectivity index (χ0v) is 13.7. The van der Waals surface area contributed by atoms with E-state index in [2.05, 4.69) is 21.2 Å². The Bertz CT molecular complexity index is 617. The van der Waals surface area contributed by atoms with Crippen LogP contribution in [-0.2, 0) is 13.0 Å². The van der Waals surface area contributed by atoms with E-state index >= 15 is 0 Å². The third-order valence-electron chi connectivity index (χ3n) is 3.13. The lowest BCUT2D eigenvalue weighted by atomic mass is 9.94. The van der Waals surface area contributed by atoms with Crippen molar-refractivity contribution < 1.29 is 9.21 Å². The monoisotopic (exact) mass is 350 g/mol. The third-order valence-corrected chi connectivity index (χ3v) is 3.66. The van der Waals surface area contributed by atoms with Gasteiger partial charge in [0.05, 0.1) is 12.1 Å². The molecule has 1 aromatic carbocycles. The normalized spacial score (nSPS) is 11.4. The fourth-order valence-corrected chi connectivity index (χ4v) is 2.41. The molecule has 0 aliphatic heterocycles. The number of rotatable bonds is 5. The van der Waals surface area contributed by atoms with Crippen LogP contribution in [0.1, 0.15) is 35.5 Å². The van der Waals surface area contributed by atoms with Crippen molar-refractivity contribution in [2.45, 2.75) is 32.4 Å². The molecule has 0 unspecified atom stereocenters. The van der Waals surface area contributed by atoms with Gasteiger partial charge in [0.1, 0.15) is 12.0 Å². The van der Waals surface area contributed by atoms with Crippen LogP contribution in [0.25, 0.3) is 0 Å². The number of benzene rings is 1. The Morgan fingerprint density at radius 2 is 2.00 bits per heavy atom. The van der Waals surface area contributed by atoms with Crippen molar-refractivity contribution in [1.29, 1.82) is 0 Å². The molecule has 3 N–H and O–H groups in total. The van der Waals surface area contributed by atoms with Crippen LogP contribution in [-0.4, -0.2) is 11.4 Å². The van der Waals surface area contributed by atoms with Gasteiger partial charge in [-0.2, -0.15) is 0 Å². The zero-order valence-electron chi connectivity index (χ0n) is 12.2. The summed E-state index contributed by atoms with van der Waals surface area (Å²) < 4.78 is 6.23. The van der Waals surface area contributed by atoms with Crippen molar-refractivity contribution in [1.82, 2.24) is 5.32 Å². The van der Waals surface area contributed by atoms with Crippen molar-refractivity contribution in [2.75, 3.05) is 0 Å². The quantitative estimate of drug-likeness (QED) is 0.869. The maximum atomic E-state index is 12.2. The van der Waals surface area contributed by atoms with Gasteiger partial charge in [0.15, 0.2) is 0 Å². The van der Waals surface area contributed by atoms with Gasteiger partial charge in [-0.1, -0.05) is 28.1 Å². The van der Waals surface area contributed by atoms with E-state index in [1.807, 2.05) is 38.1 Å². The summed E-state index contributed by atoms with van der Waals surface area (Å²) in [5, 5.41) is 3.02. The Morgan fingerprint density at radius 3 is 2.57 bits per heavy atom. The second-order valence-corrected chi connectivity index (χ2v) is 6.56. The van der Waals surface area contributed by atoms with Gasteiger partial charge in [0.2, 0.25) is 0 Å². The van der Waals surface area contributed by atoms with Crippen LogP contribution in [0.5, 0.6) is 0 Å². The van der Waals surface area contributed by atoms with Crippen LogP contribution in [0.2, 0.25) is 0 Å². The number of hydrogen-bond acceptors (Lipinski definition) is 3. The highest BCUT2D eigenvalue weighted by Gasteiger charge is 2.22. The topological polar surface area (TPSA) is 68.3 Å². The molecule has 0 saturated heterocycles. The predicted octanol–water partition coefficient (Wildman–Crippen LogP) is 3.25. The van der Waals surface area contributed by atoms with Gasteiger partial charge in [-0.15, -0.1) is 0 Å². The van der Waals surface area contributed by atoms with E-state index in [-0.39, 0.29) is 18.0 Å². The Balaban J connectivity index is 2.02. The molecule has 5 heteroatoms. The van der Waals surface area contributed by atoms with Crippen LogP contribution in [0.15, 0.2) is 45.5 Å². The Labute approximate surface area is 132 Å². The van der Waals surface area contributed by atoms with Crippen LogP contribution in [0.3, 0.4) is 0 Å². The summed E-state index contributed by atoms with van der Waals surface area (Å²) in [6.45, 7) is 4.28. The first-order chi connectivity index (χ1) is 9.89. The first kappa shape index (κ1) is 15.8. The average Bonchev–Trinajstić information content (AvgIpc) is 2.89. The van der Waals surface area contributed by atoms with Gasteiger partial charge in [-0.3, -0.25) is 4.79 Å². The molecule has 1 amide bonds. The lowest BCUT2D eigenvalue weighted by molar-refractivity contribution is 0.0912. The van der Waals surface area contributed by atoms with Crippen molar-refractivity contribution in [3.8, 4) is 0 Å². The van der Waals surface area contributed by atoms with Gasteiger partial charge in [0.25, 0.3) is 5.91 Å². The van der Waals surface area contributed by atoms with Crippen molar-refractivity contribution >= 4 is 21.8 Å². The van der Waals surface area contributed by atoms with Crippen molar-refractivity contribution in [3.05, 3.63) is 58.0 Å². The first-order valence-electron chi connectivity index (χ1n) is 6.74. The highest BCUT2D eigenvalue weighted by atomic mass is 79.9. The highest BCUT2D eigenvalue weighted by molar-refractivity contribution is 9.10. The molecule has 0 saturated carbocycles. The van der Waals surface area contributed by atoms with Gasteiger partial charge < -0.3 is 15.5 Å². The second kappa shape index (κ2) is 6.45. The van der Waals surface area contributed by atoms with Gasteiger partial charge in [-0.25, -0.2) is 0 Å². The lowest BCUT2D eigenvalue weighted by Crippen LogP contribution is -2.45. The molecule has 0 radical (unpaired) electrons. The van der Waals surface area contributed by atoms with E-state index in [9.17, 15) is 4.79 Å². The van der Waals surface area contributed by atoms with E-state index in [0.29, 0.717) is 11.3 Å². The molecule has 112 valence electrons. The maximum absolute atomic E-state index is 12.2.